The molecule has 0 saturated carbocycles. The summed E-state index contributed by atoms with van der Waals surface area (Å²) < 4.78 is 5.40. The van der Waals surface area contributed by atoms with E-state index in [4.69, 9.17) is 0 Å². The first kappa shape index (κ1) is 24.1. The summed E-state index contributed by atoms with van der Waals surface area (Å²) in [6.07, 6.45) is 5.01. The number of hydrogen-bond donors (Lipinski definition) is 2. The van der Waals surface area contributed by atoms with Crippen molar-refractivity contribution in [2.75, 3.05) is 5.32 Å². The monoisotopic (exact) mass is 495 g/mol. The van der Waals surface area contributed by atoms with E-state index in [-0.39, 0.29) is 17.5 Å². The Morgan fingerprint density at radius 2 is 1.70 bits per heavy atom. The maximum Gasteiger partial charge on any atom is 0.271 e. The van der Waals surface area contributed by atoms with E-state index in [0.29, 0.717) is 17.8 Å². The Morgan fingerprint density at radius 3 is 2.43 bits per heavy atom. The molecule has 0 radical (unpaired) electrons. The Bertz CT molecular complexity index is 1610. The summed E-state index contributed by atoms with van der Waals surface area (Å²) >= 11 is 0. The highest BCUT2D eigenvalue weighted by Gasteiger charge is 2.20. The second-order valence-electron chi connectivity index (χ2n) is 9.20. The summed E-state index contributed by atoms with van der Waals surface area (Å²) in [7, 11) is 3.49. The van der Waals surface area contributed by atoms with E-state index in [1.54, 1.807) is 17.9 Å². The topological polar surface area (TPSA) is 98.8 Å². The largest absolute Gasteiger partial charge is 0.346 e. The minimum atomic E-state index is -0.334. The number of rotatable bonds is 7. The molecule has 0 aliphatic rings. The van der Waals surface area contributed by atoms with Crippen LogP contribution in [-0.2, 0) is 27.2 Å². The van der Waals surface area contributed by atoms with Crippen LogP contribution in [0.2, 0.25) is 0 Å². The number of carbonyl (C=O) groups is 2. The second-order valence-corrected chi connectivity index (χ2v) is 9.20. The van der Waals surface area contributed by atoms with Gasteiger partial charge in [-0.25, -0.2) is 0 Å². The first-order valence-corrected chi connectivity index (χ1v) is 12.0. The van der Waals surface area contributed by atoms with Gasteiger partial charge < -0.3 is 15.2 Å². The van der Waals surface area contributed by atoms with Crippen LogP contribution >= 0.6 is 0 Å². The van der Waals surface area contributed by atoms with Crippen LogP contribution in [0.3, 0.4) is 0 Å². The van der Waals surface area contributed by atoms with E-state index in [0.717, 1.165) is 34.3 Å². The lowest BCUT2D eigenvalue weighted by Gasteiger charge is -2.10. The highest BCUT2D eigenvalue weighted by Crippen LogP contribution is 2.28. The molecule has 0 aliphatic heterocycles. The number of aromatic nitrogens is 5. The number of fused-ring (bicyclic) bond motifs is 1. The van der Waals surface area contributed by atoms with Crippen molar-refractivity contribution < 1.29 is 9.59 Å². The van der Waals surface area contributed by atoms with Gasteiger partial charge in [-0.2, -0.15) is 10.2 Å². The molecule has 2 N–H and O–H groups in total. The summed E-state index contributed by atoms with van der Waals surface area (Å²) in [5.41, 5.74) is 6.61. The molecule has 9 heteroatoms. The minimum Gasteiger partial charge on any atom is -0.346 e. The zero-order chi connectivity index (χ0) is 26.1. The van der Waals surface area contributed by atoms with E-state index >= 15 is 0 Å². The van der Waals surface area contributed by atoms with Crippen molar-refractivity contribution in [1.29, 1.82) is 0 Å². The normalized spacial score (nSPS) is 11.1. The summed E-state index contributed by atoms with van der Waals surface area (Å²) in [5, 5.41) is 15.1. The lowest BCUT2D eigenvalue weighted by atomic mass is 10.1. The Kier molecular flexibility index (Phi) is 6.35. The molecule has 9 nitrogen and oxygen atoms in total. The van der Waals surface area contributed by atoms with Gasteiger partial charge in [-0.1, -0.05) is 30.3 Å². The Hall–Kier alpha value is -4.66. The van der Waals surface area contributed by atoms with Crippen LogP contribution in [0.15, 0.2) is 67.1 Å². The van der Waals surface area contributed by atoms with Crippen LogP contribution in [0, 0.1) is 13.8 Å². The number of amides is 2. The van der Waals surface area contributed by atoms with Gasteiger partial charge in [-0.05, 0) is 43.2 Å². The molecule has 0 saturated heterocycles. The minimum absolute atomic E-state index is 0.277. The molecule has 0 fully saturated rings. The predicted molar refractivity (Wildman–Crippen MR) is 142 cm³/mol. The van der Waals surface area contributed by atoms with Gasteiger partial charge in [0.1, 0.15) is 5.69 Å². The standard InChI is InChI=1S/C28H29N7O2/c1-18-19(2)35(17-20-8-6-5-7-9-20)25-11-10-22(12-23(18)25)27(36)32-24-15-31-34(4)26(24)28(37)29-13-21-14-30-33(3)16-21/h5-12,14-16H,13,17H2,1-4H3,(H,29,37)(H,32,36). The number of nitrogens with one attached hydrogen (secondary N) is 2. The average molecular weight is 496 g/mol. The SMILES string of the molecule is Cc1c(C)n(Cc2ccccc2)c2ccc(C(=O)Nc3cnn(C)c3C(=O)NCc3cnn(C)c3)cc12. The molecule has 188 valence electrons. The molecule has 37 heavy (non-hydrogen) atoms. The van der Waals surface area contributed by atoms with Gasteiger partial charge in [-0.3, -0.25) is 19.0 Å². The Morgan fingerprint density at radius 1 is 0.919 bits per heavy atom. The van der Waals surface area contributed by atoms with E-state index in [9.17, 15) is 9.59 Å². The summed E-state index contributed by atoms with van der Waals surface area (Å²) in [4.78, 5) is 26.1. The van der Waals surface area contributed by atoms with E-state index in [1.165, 1.54) is 16.4 Å². The van der Waals surface area contributed by atoms with E-state index in [1.807, 2.05) is 49.6 Å². The fraction of sp³-hybridized carbons (Fsp3) is 0.214. The number of carbonyl (C=O) groups excluding carboxylic acids is 2. The summed E-state index contributed by atoms with van der Waals surface area (Å²) in [6, 6.07) is 16.0. The van der Waals surface area contributed by atoms with Gasteiger partial charge in [0.15, 0.2) is 0 Å². The lowest BCUT2D eigenvalue weighted by Crippen LogP contribution is -2.26. The van der Waals surface area contributed by atoms with Crippen LogP contribution in [0.5, 0.6) is 0 Å². The fourth-order valence-electron chi connectivity index (χ4n) is 4.58. The van der Waals surface area contributed by atoms with Gasteiger partial charge >= 0.3 is 0 Å². The molecule has 0 atom stereocenters. The zero-order valence-corrected chi connectivity index (χ0v) is 21.3. The molecule has 5 aromatic rings. The number of benzene rings is 2. The zero-order valence-electron chi connectivity index (χ0n) is 21.3. The lowest BCUT2D eigenvalue weighted by molar-refractivity contribution is 0.0942. The first-order chi connectivity index (χ1) is 17.8. The number of hydrogen-bond acceptors (Lipinski definition) is 4. The summed E-state index contributed by atoms with van der Waals surface area (Å²) in [5.74, 6) is -0.636. The third kappa shape index (κ3) is 4.75. The number of aryl methyl sites for hydroxylation is 3. The van der Waals surface area contributed by atoms with Crippen molar-refractivity contribution in [3.8, 4) is 0 Å². The van der Waals surface area contributed by atoms with Crippen molar-refractivity contribution in [3.05, 3.63) is 101 Å². The quantitative estimate of drug-likeness (QED) is 0.357. The first-order valence-electron chi connectivity index (χ1n) is 12.0. The molecule has 0 spiro atoms. The molecule has 3 heterocycles. The van der Waals surface area contributed by atoms with Crippen LogP contribution < -0.4 is 10.6 Å². The van der Waals surface area contributed by atoms with Crippen LogP contribution in [0.4, 0.5) is 5.69 Å². The van der Waals surface area contributed by atoms with Gasteiger partial charge in [0.25, 0.3) is 11.8 Å². The molecule has 0 bridgehead atoms. The van der Waals surface area contributed by atoms with Gasteiger partial charge in [0, 0.05) is 61.1 Å². The molecule has 0 unspecified atom stereocenters. The van der Waals surface area contributed by atoms with Crippen LogP contribution in [0.25, 0.3) is 10.9 Å². The molecule has 0 aliphatic carbocycles. The highest BCUT2D eigenvalue weighted by atomic mass is 16.2. The maximum atomic E-state index is 13.2. The van der Waals surface area contributed by atoms with Gasteiger partial charge in [-0.15, -0.1) is 0 Å². The van der Waals surface area contributed by atoms with E-state index < -0.39 is 0 Å². The van der Waals surface area contributed by atoms with Crippen molar-refractivity contribution >= 4 is 28.4 Å². The molecule has 5 rings (SSSR count). The van der Waals surface area contributed by atoms with Gasteiger partial charge in [0.2, 0.25) is 0 Å². The average Bonchev–Trinajstić information content (AvgIpc) is 3.55. The van der Waals surface area contributed by atoms with Gasteiger partial charge in [0.05, 0.1) is 18.1 Å². The predicted octanol–water partition coefficient (Wildman–Crippen LogP) is 3.96. The Labute approximate surface area is 214 Å². The molecule has 3 aromatic heterocycles. The van der Waals surface area contributed by atoms with Crippen molar-refractivity contribution in [2.24, 2.45) is 14.1 Å². The third-order valence-electron chi connectivity index (χ3n) is 6.70. The van der Waals surface area contributed by atoms with Crippen molar-refractivity contribution in [1.82, 2.24) is 29.4 Å². The van der Waals surface area contributed by atoms with Crippen molar-refractivity contribution in [2.45, 2.75) is 26.9 Å². The van der Waals surface area contributed by atoms with Crippen LogP contribution in [-0.4, -0.2) is 35.9 Å². The molecule has 2 aromatic carbocycles. The summed E-state index contributed by atoms with van der Waals surface area (Å²) in [6.45, 7) is 5.26. The Balaban J connectivity index is 1.36. The maximum absolute atomic E-state index is 13.2. The third-order valence-corrected chi connectivity index (χ3v) is 6.70. The molecular formula is C28H29N7O2. The highest BCUT2D eigenvalue weighted by molar-refractivity contribution is 6.09. The number of anilines is 1. The fourth-order valence-corrected chi connectivity index (χ4v) is 4.58. The molecule has 2 amide bonds. The van der Waals surface area contributed by atoms with Crippen molar-refractivity contribution in [3.63, 3.8) is 0 Å². The van der Waals surface area contributed by atoms with E-state index in [2.05, 4.69) is 51.4 Å². The second kappa shape index (κ2) is 9.77. The number of nitrogens with zero attached hydrogens (tertiary/aromatic N) is 5. The molecular weight excluding hydrogens is 466 g/mol. The van der Waals surface area contributed by atoms with Crippen LogP contribution in [0.1, 0.15) is 43.2 Å². The smallest absolute Gasteiger partial charge is 0.271 e.